The zero-order valence-electron chi connectivity index (χ0n) is 16.3. The fourth-order valence-electron chi connectivity index (χ4n) is 2.73. The Morgan fingerprint density at radius 2 is 1.81 bits per heavy atom. The molecule has 142 valence electrons. The van der Waals surface area contributed by atoms with Crippen LogP contribution in [-0.4, -0.2) is 24.8 Å². The van der Waals surface area contributed by atoms with Crippen LogP contribution in [0.15, 0.2) is 33.8 Å². The molecule has 0 saturated heterocycles. The van der Waals surface area contributed by atoms with E-state index < -0.39 is 0 Å². The van der Waals surface area contributed by atoms with Gasteiger partial charge in [-0.2, -0.15) is 0 Å². The van der Waals surface area contributed by atoms with Gasteiger partial charge in [0.25, 0.3) is 0 Å². The lowest BCUT2D eigenvalue weighted by Gasteiger charge is -2.12. The Balaban J connectivity index is 2.01. The summed E-state index contributed by atoms with van der Waals surface area (Å²) in [6, 6.07) is 8.33. The number of hydrogen-bond acceptors (Lipinski definition) is 4. The molecule has 0 spiro atoms. The Kier molecular flexibility index (Phi) is 8.15. The average molecular weight is 358 g/mol. The van der Waals surface area contributed by atoms with Crippen LogP contribution in [-0.2, 0) is 37.3 Å². The number of ether oxygens (including phenoxy) is 1. The van der Waals surface area contributed by atoms with Gasteiger partial charge in [0.1, 0.15) is 5.76 Å². The molecule has 6 heteroatoms. The number of aryl methyl sites for hydroxylation is 2. The highest BCUT2D eigenvalue weighted by molar-refractivity contribution is 5.79. The molecule has 0 amide bonds. The number of nitrogens with one attached hydrogen (secondary N) is 2. The normalized spacial score (nSPS) is 11.6. The van der Waals surface area contributed by atoms with Crippen molar-refractivity contribution in [2.75, 3.05) is 13.7 Å². The van der Waals surface area contributed by atoms with Crippen molar-refractivity contribution in [1.82, 2.24) is 15.8 Å². The maximum absolute atomic E-state index is 5.43. The van der Waals surface area contributed by atoms with Gasteiger partial charge in [-0.15, -0.1) is 0 Å². The van der Waals surface area contributed by atoms with Crippen LogP contribution in [0.25, 0.3) is 0 Å². The van der Waals surface area contributed by atoms with Crippen LogP contribution in [0.4, 0.5) is 0 Å². The third-order valence-corrected chi connectivity index (χ3v) is 4.14. The van der Waals surface area contributed by atoms with Crippen LogP contribution < -0.4 is 10.6 Å². The zero-order valence-corrected chi connectivity index (χ0v) is 16.3. The molecule has 6 nitrogen and oxygen atoms in total. The number of nitrogens with zero attached hydrogens (tertiary/aromatic N) is 2. The van der Waals surface area contributed by atoms with Crippen molar-refractivity contribution in [3.05, 3.63) is 52.4 Å². The van der Waals surface area contributed by atoms with Gasteiger partial charge in [-0.25, -0.2) is 4.99 Å². The van der Waals surface area contributed by atoms with Gasteiger partial charge < -0.3 is 19.9 Å². The maximum atomic E-state index is 5.43. The molecule has 2 rings (SSSR count). The number of aliphatic imine (C=N–C) groups is 1. The molecule has 0 fully saturated rings. The van der Waals surface area contributed by atoms with Crippen LogP contribution in [0, 0.1) is 0 Å². The van der Waals surface area contributed by atoms with Crippen molar-refractivity contribution >= 4 is 5.96 Å². The van der Waals surface area contributed by atoms with Gasteiger partial charge >= 0.3 is 0 Å². The number of aromatic nitrogens is 1. The first kappa shape index (κ1) is 20.0. The van der Waals surface area contributed by atoms with Crippen LogP contribution in [0.5, 0.6) is 0 Å². The number of rotatable bonds is 9. The van der Waals surface area contributed by atoms with E-state index in [1.54, 1.807) is 7.11 Å². The van der Waals surface area contributed by atoms with E-state index in [1.807, 2.05) is 0 Å². The molecule has 26 heavy (non-hydrogen) atoms. The van der Waals surface area contributed by atoms with Crippen molar-refractivity contribution in [3.8, 4) is 0 Å². The molecule has 0 aliphatic carbocycles. The number of guanidine groups is 1. The summed E-state index contributed by atoms with van der Waals surface area (Å²) in [7, 11) is 1.70. The summed E-state index contributed by atoms with van der Waals surface area (Å²) in [5.74, 6) is 1.73. The number of hydrogen-bond donors (Lipinski definition) is 2. The summed E-state index contributed by atoms with van der Waals surface area (Å²) >= 11 is 0. The summed E-state index contributed by atoms with van der Waals surface area (Å²) in [6.45, 7) is 8.95. The fraction of sp³-hybridized carbons (Fsp3) is 0.500. The average Bonchev–Trinajstić information content (AvgIpc) is 3.07. The van der Waals surface area contributed by atoms with Crippen molar-refractivity contribution in [1.29, 1.82) is 0 Å². The van der Waals surface area contributed by atoms with Crippen LogP contribution in [0.3, 0.4) is 0 Å². The van der Waals surface area contributed by atoms with Crippen LogP contribution in [0.2, 0.25) is 0 Å². The van der Waals surface area contributed by atoms with Crippen LogP contribution in [0.1, 0.15) is 48.9 Å². The molecule has 0 bridgehead atoms. The van der Waals surface area contributed by atoms with Gasteiger partial charge in [-0.3, -0.25) is 0 Å². The highest BCUT2D eigenvalue weighted by Gasteiger charge is 2.13. The second-order valence-corrected chi connectivity index (χ2v) is 6.04. The van der Waals surface area contributed by atoms with E-state index in [0.717, 1.165) is 53.5 Å². The van der Waals surface area contributed by atoms with Gasteiger partial charge in [-0.1, -0.05) is 43.3 Å². The SMILES string of the molecule is CCNC(=NCc1ccc(COC)cc1)NCc1c(CC)noc1CC. The minimum Gasteiger partial charge on any atom is -0.380 e. The minimum atomic E-state index is 0.619. The summed E-state index contributed by atoms with van der Waals surface area (Å²) in [5.41, 5.74) is 4.48. The zero-order chi connectivity index (χ0) is 18.8. The lowest BCUT2D eigenvalue weighted by molar-refractivity contribution is 0.185. The molecule has 0 atom stereocenters. The standard InChI is InChI=1S/C20H30N4O2/c1-5-18-17(19(6-2)26-24-18)13-23-20(21-7-3)22-12-15-8-10-16(11-9-15)14-25-4/h8-11H,5-7,12-14H2,1-4H3,(H2,21,22,23). The molecule has 0 aliphatic heterocycles. The number of benzene rings is 1. The van der Waals surface area contributed by atoms with Gasteiger partial charge in [0.05, 0.1) is 18.8 Å². The largest absolute Gasteiger partial charge is 0.380 e. The van der Waals surface area contributed by atoms with E-state index in [1.165, 1.54) is 0 Å². The first-order chi connectivity index (χ1) is 12.7. The van der Waals surface area contributed by atoms with E-state index in [2.05, 4.69) is 65.8 Å². The topological polar surface area (TPSA) is 71.7 Å². The highest BCUT2D eigenvalue weighted by Crippen LogP contribution is 2.15. The summed E-state index contributed by atoms with van der Waals surface area (Å²) in [4.78, 5) is 4.68. The van der Waals surface area contributed by atoms with Crippen molar-refractivity contribution < 1.29 is 9.26 Å². The molecular weight excluding hydrogens is 328 g/mol. The predicted octanol–water partition coefficient (Wildman–Crippen LogP) is 3.20. The maximum Gasteiger partial charge on any atom is 0.191 e. The fourth-order valence-corrected chi connectivity index (χ4v) is 2.73. The third kappa shape index (κ3) is 5.59. The van der Waals surface area contributed by atoms with Gasteiger partial charge in [0.2, 0.25) is 0 Å². The lowest BCUT2D eigenvalue weighted by Crippen LogP contribution is -2.37. The van der Waals surface area contributed by atoms with Crippen molar-refractivity contribution in [3.63, 3.8) is 0 Å². The molecule has 2 aromatic rings. The Hall–Kier alpha value is -2.34. The highest BCUT2D eigenvalue weighted by atomic mass is 16.5. The van der Waals surface area contributed by atoms with Gasteiger partial charge in [0, 0.05) is 32.2 Å². The van der Waals surface area contributed by atoms with Crippen molar-refractivity contribution in [2.24, 2.45) is 4.99 Å². The first-order valence-electron chi connectivity index (χ1n) is 9.26. The summed E-state index contributed by atoms with van der Waals surface area (Å²) in [5, 5.41) is 10.8. The van der Waals surface area contributed by atoms with Gasteiger partial charge in [0.15, 0.2) is 5.96 Å². The molecule has 0 aliphatic rings. The second-order valence-electron chi connectivity index (χ2n) is 6.04. The second kappa shape index (κ2) is 10.6. The summed E-state index contributed by atoms with van der Waals surface area (Å²) in [6.07, 6.45) is 1.70. The Bertz CT molecular complexity index is 671. The number of methoxy groups -OCH3 is 1. The van der Waals surface area contributed by atoms with E-state index in [4.69, 9.17) is 9.26 Å². The van der Waals surface area contributed by atoms with Gasteiger partial charge in [-0.05, 0) is 24.5 Å². The van der Waals surface area contributed by atoms with Crippen molar-refractivity contribution in [2.45, 2.75) is 53.3 Å². The van der Waals surface area contributed by atoms with E-state index in [0.29, 0.717) is 19.7 Å². The molecular formula is C20H30N4O2. The quantitative estimate of drug-likeness (QED) is 0.532. The Morgan fingerprint density at radius 1 is 1.08 bits per heavy atom. The predicted molar refractivity (Wildman–Crippen MR) is 104 cm³/mol. The molecule has 1 aromatic heterocycles. The van der Waals surface area contributed by atoms with E-state index in [9.17, 15) is 0 Å². The third-order valence-electron chi connectivity index (χ3n) is 4.14. The van der Waals surface area contributed by atoms with E-state index >= 15 is 0 Å². The molecule has 0 radical (unpaired) electrons. The summed E-state index contributed by atoms with van der Waals surface area (Å²) < 4.78 is 10.6. The molecule has 1 heterocycles. The Labute approximate surface area is 156 Å². The molecule has 0 unspecified atom stereocenters. The van der Waals surface area contributed by atoms with Crippen LogP contribution >= 0.6 is 0 Å². The monoisotopic (exact) mass is 358 g/mol. The smallest absolute Gasteiger partial charge is 0.191 e. The minimum absolute atomic E-state index is 0.619. The molecule has 2 N–H and O–H groups in total. The Morgan fingerprint density at radius 3 is 2.42 bits per heavy atom. The van der Waals surface area contributed by atoms with E-state index in [-0.39, 0.29) is 0 Å². The molecule has 1 aromatic carbocycles. The first-order valence-corrected chi connectivity index (χ1v) is 9.26. The molecule has 0 saturated carbocycles. The lowest BCUT2D eigenvalue weighted by atomic mass is 10.1.